The van der Waals surface area contributed by atoms with Crippen molar-refractivity contribution < 1.29 is 0 Å². The van der Waals surface area contributed by atoms with E-state index in [9.17, 15) is 0 Å². The van der Waals surface area contributed by atoms with Crippen molar-refractivity contribution in [2.75, 3.05) is 7.05 Å². The van der Waals surface area contributed by atoms with Crippen LogP contribution in [0.4, 0.5) is 0 Å². The summed E-state index contributed by atoms with van der Waals surface area (Å²) >= 11 is 17.3. The smallest absolute Gasteiger partial charge is 0.0669 e. The third kappa shape index (κ3) is 2.91. The van der Waals surface area contributed by atoms with Crippen LogP contribution in [-0.4, -0.2) is 7.05 Å². The topological polar surface area (TPSA) is 12.0 Å². The Hall–Kier alpha value is -0.0600. The molecule has 1 aromatic heterocycles. The van der Waals surface area contributed by atoms with Crippen LogP contribution in [0.5, 0.6) is 0 Å². The van der Waals surface area contributed by atoms with Gasteiger partial charge in [-0.1, -0.05) is 29.3 Å². The average molecular weight is 365 g/mol. The molecule has 18 heavy (non-hydrogen) atoms. The van der Waals surface area contributed by atoms with Crippen LogP contribution in [0.15, 0.2) is 28.7 Å². The van der Waals surface area contributed by atoms with E-state index in [4.69, 9.17) is 23.2 Å². The van der Waals surface area contributed by atoms with Gasteiger partial charge in [0.15, 0.2) is 0 Å². The minimum atomic E-state index is 0.134. The molecular weight excluding hydrogens is 353 g/mol. The molecular formula is C13H12BrCl2NS. The summed E-state index contributed by atoms with van der Waals surface area (Å²) in [6.07, 6.45) is 0. The summed E-state index contributed by atoms with van der Waals surface area (Å²) in [4.78, 5) is 2.52. The molecule has 1 N–H and O–H groups in total. The van der Waals surface area contributed by atoms with Crippen LogP contribution in [0.2, 0.25) is 10.0 Å². The molecule has 1 unspecified atom stereocenters. The van der Waals surface area contributed by atoms with E-state index in [0.717, 1.165) is 10.0 Å². The highest BCUT2D eigenvalue weighted by molar-refractivity contribution is 9.10. The van der Waals surface area contributed by atoms with Crippen molar-refractivity contribution in [3.8, 4) is 0 Å². The van der Waals surface area contributed by atoms with Crippen molar-refractivity contribution in [3.63, 3.8) is 0 Å². The summed E-state index contributed by atoms with van der Waals surface area (Å²) in [6.45, 7) is 2.10. The molecule has 2 aromatic rings. The van der Waals surface area contributed by atoms with E-state index in [1.165, 1.54) is 9.75 Å². The Kier molecular flexibility index (Phi) is 4.73. The first-order chi connectivity index (χ1) is 8.52. The first-order valence-corrected chi connectivity index (χ1v) is 7.77. The van der Waals surface area contributed by atoms with Crippen LogP contribution in [0.25, 0.3) is 0 Å². The van der Waals surface area contributed by atoms with Crippen molar-refractivity contribution in [3.05, 3.63) is 54.1 Å². The lowest BCUT2D eigenvalue weighted by atomic mass is 10.1. The lowest BCUT2D eigenvalue weighted by Gasteiger charge is -2.15. The number of benzene rings is 1. The average Bonchev–Trinajstić information content (AvgIpc) is 2.65. The fourth-order valence-electron chi connectivity index (χ4n) is 1.79. The Morgan fingerprint density at radius 2 is 1.94 bits per heavy atom. The minimum Gasteiger partial charge on any atom is -0.309 e. The second-order valence-corrected chi connectivity index (χ2v) is 6.90. The van der Waals surface area contributed by atoms with Crippen LogP contribution < -0.4 is 5.32 Å². The van der Waals surface area contributed by atoms with Gasteiger partial charge in [0.2, 0.25) is 0 Å². The SMILES string of the molecule is CNC(c1ccc(Cl)c(Cl)c1)c1cc(Br)c(C)s1. The largest absolute Gasteiger partial charge is 0.309 e. The van der Waals surface area contributed by atoms with Gasteiger partial charge in [-0.05, 0) is 53.7 Å². The van der Waals surface area contributed by atoms with Gasteiger partial charge in [0.1, 0.15) is 0 Å². The molecule has 5 heteroatoms. The quantitative estimate of drug-likeness (QED) is 0.765. The van der Waals surface area contributed by atoms with Gasteiger partial charge >= 0.3 is 0 Å². The van der Waals surface area contributed by atoms with Gasteiger partial charge in [0, 0.05) is 14.2 Å². The molecule has 0 spiro atoms. The van der Waals surface area contributed by atoms with E-state index in [2.05, 4.69) is 34.2 Å². The van der Waals surface area contributed by atoms with Gasteiger partial charge in [-0.2, -0.15) is 0 Å². The zero-order valence-corrected chi connectivity index (χ0v) is 13.8. The predicted molar refractivity (Wildman–Crippen MR) is 84.1 cm³/mol. The molecule has 0 aliphatic rings. The zero-order chi connectivity index (χ0) is 13.3. The Morgan fingerprint density at radius 3 is 2.44 bits per heavy atom. The second kappa shape index (κ2) is 5.93. The normalized spacial score (nSPS) is 12.7. The lowest BCUT2D eigenvalue weighted by Crippen LogP contribution is -2.16. The summed E-state index contributed by atoms with van der Waals surface area (Å²) in [5, 5.41) is 4.48. The van der Waals surface area contributed by atoms with Crippen molar-refractivity contribution in [2.45, 2.75) is 13.0 Å². The van der Waals surface area contributed by atoms with Crippen LogP contribution in [-0.2, 0) is 0 Å². The monoisotopic (exact) mass is 363 g/mol. The molecule has 0 aliphatic carbocycles. The van der Waals surface area contributed by atoms with Crippen LogP contribution in [0, 0.1) is 6.92 Å². The third-order valence-electron chi connectivity index (χ3n) is 2.73. The van der Waals surface area contributed by atoms with Gasteiger partial charge in [-0.15, -0.1) is 11.3 Å². The number of hydrogen-bond donors (Lipinski definition) is 1. The summed E-state index contributed by atoms with van der Waals surface area (Å²) in [5.74, 6) is 0. The van der Waals surface area contributed by atoms with Crippen LogP contribution in [0.3, 0.4) is 0 Å². The number of nitrogens with one attached hydrogen (secondary N) is 1. The first kappa shape index (κ1) is 14.4. The van der Waals surface area contributed by atoms with Gasteiger partial charge in [-0.25, -0.2) is 0 Å². The minimum absolute atomic E-state index is 0.134. The van der Waals surface area contributed by atoms with E-state index >= 15 is 0 Å². The number of aryl methyl sites for hydroxylation is 1. The molecule has 1 nitrogen and oxygen atoms in total. The van der Waals surface area contributed by atoms with Crippen LogP contribution >= 0.6 is 50.5 Å². The highest BCUT2D eigenvalue weighted by Crippen LogP contribution is 2.35. The molecule has 1 heterocycles. The summed E-state index contributed by atoms with van der Waals surface area (Å²) in [6, 6.07) is 8.02. The number of thiophene rings is 1. The molecule has 0 bridgehead atoms. The zero-order valence-electron chi connectivity index (χ0n) is 9.93. The lowest BCUT2D eigenvalue weighted by molar-refractivity contribution is 0.704. The molecule has 0 radical (unpaired) electrons. The molecule has 96 valence electrons. The Labute approximate surface area is 129 Å². The molecule has 2 rings (SSSR count). The van der Waals surface area contributed by atoms with Crippen molar-refractivity contribution in [1.29, 1.82) is 0 Å². The van der Waals surface area contributed by atoms with Crippen LogP contribution in [0.1, 0.15) is 21.4 Å². The number of halogens is 3. The van der Waals surface area contributed by atoms with E-state index in [1.54, 1.807) is 11.3 Å². The maximum atomic E-state index is 6.07. The van der Waals surface area contributed by atoms with Crippen molar-refractivity contribution in [2.24, 2.45) is 0 Å². The van der Waals surface area contributed by atoms with Gasteiger partial charge in [-0.3, -0.25) is 0 Å². The second-order valence-electron chi connectivity index (χ2n) is 3.95. The Bertz CT molecular complexity index is 549. The predicted octanol–water partition coefficient (Wildman–Crippen LogP) is 5.43. The summed E-state index contributed by atoms with van der Waals surface area (Å²) in [5.41, 5.74) is 1.11. The maximum Gasteiger partial charge on any atom is 0.0669 e. The summed E-state index contributed by atoms with van der Waals surface area (Å²) < 4.78 is 1.14. The molecule has 0 amide bonds. The first-order valence-electron chi connectivity index (χ1n) is 5.41. The third-order valence-corrected chi connectivity index (χ3v) is 5.67. The summed E-state index contributed by atoms with van der Waals surface area (Å²) in [7, 11) is 1.94. The van der Waals surface area contributed by atoms with Gasteiger partial charge in [0.25, 0.3) is 0 Å². The Morgan fingerprint density at radius 1 is 1.22 bits per heavy atom. The molecule has 0 saturated heterocycles. The molecule has 1 aromatic carbocycles. The standard InChI is InChI=1S/C13H12BrCl2NS/c1-7-9(14)6-12(18-7)13(17-2)8-3-4-10(15)11(16)5-8/h3-6,13,17H,1-2H3. The Balaban J connectivity index is 2.41. The highest BCUT2D eigenvalue weighted by atomic mass is 79.9. The maximum absolute atomic E-state index is 6.07. The van der Waals surface area contributed by atoms with Gasteiger partial charge in [0.05, 0.1) is 16.1 Å². The molecule has 0 aliphatic heterocycles. The fourth-order valence-corrected chi connectivity index (χ4v) is 3.79. The number of hydrogen-bond acceptors (Lipinski definition) is 2. The van der Waals surface area contributed by atoms with Crippen molar-refractivity contribution in [1.82, 2.24) is 5.32 Å². The van der Waals surface area contributed by atoms with E-state index in [-0.39, 0.29) is 6.04 Å². The van der Waals surface area contributed by atoms with E-state index in [0.29, 0.717) is 10.0 Å². The molecule has 1 atom stereocenters. The molecule has 0 fully saturated rings. The van der Waals surface area contributed by atoms with E-state index < -0.39 is 0 Å². The van der Waals surface area contributed by atoms with E-state index in [1.807, 2.05) is 25.2 Å². The fraction of sp³-hybridized carbons (Fsp3) is 0.231. The molecule has 0 saturated carbocycles. The number of rotatable bonds is 3. The van der Waals surface area contributed by atoms with Crippen molar-refractivity contribution >= 4 is 50.5 Å². The highest BCUT2D eigenvalue weighted by Gasteiger charge is 2.16. The van der Waals surface area contributed by atoms with Gasteiger partial charge < -0.3 is 5.32 Å².